The lowest BCUT2D eigenvalue weighted by atomic mass is 9.92. The number of H-pyrrole nitrogens is 1. The molecule has 3 heterocycles. The summed E-state index contributed by atoms with van der Waals surface area (Å²) < 4.78 is 11.6. The second-order valence-corrected chi connectivity index (χ2v) is 5.29. The molecule has 5 heteroatoms. The van der Waals surface area contributed by atoms with Crippen molar-refractivity contribution in [2.24, 2.45) is 0 Å². The monoisotopic (exact) mass is 259 g/mol. The largest absolute Gasteiger partial charge is 0.347 e. The summed E-state index contributed by atoms with van der Waals surface area (Å²) in [5.74, 6) is -0.360. The average molecular weight is 259 g/mol. The average Bonchev–Trinajstić information content (AvgIpc) is 3.07. The van der Waals surface area contributed by atoms with Crippen LogP contribution in [0.4, 0.5) is 0 Å². The van der Waals surface area contributed by atoms with E-state index in [1.165, 1.54) is 5.56 Å². The molecule has 2 aromatic rings. The Labute approximate surface area is 111 Å². The minimum Gasteiger partial charge on any atom is -0.347 e. The van der Waals surface area contributed by atoms with Gasteiger partial charge in [0.1, 0.15) is 0 Å². The fraction of sp³-hybridized carbons (Fsp3) is 0.500. The van der Waals surface area contributed by atoms with Crippen LogP contribution in [0.2, 0.25) is 0 Å². The van der Waals surface area contributed by atoms with Gasteiger partial charge in [0.25, 0.3) is 0 Å². The predicted molar refractivity (Wildman–Crippen MR) is 70.7 cm³/mol. The molecule has 4 rings (SSSR count). The van der Waals surface area contributed by atoms with Crippen LogP contribution in [0.3, 0.4) is 0 Å². The Balaban J connectivity index is 1.63. The van der Waals surface area contributed by atoms with Gasteiger partial charge in [-0.15, -0.1) is 0 Å². The van der Waals surface area contributed by atoms with E-state index in [0.29, 0.717) is 13.2 Å². The van der Waals surface area contributed by atoms with E-state index in [0.717, 1.165) is 30.3 Å². The molecule has 2 aliphatic rings. The number of ether oxygens (including phenoxy) is 2. The molecule has 100 valence electrons. The van der Waals surface area contributed by atoms with Gasteiger partial charge in [-0.25, -0.2) is 0 Å². The molecule has 2 aliphatic heterocycles. The van der Waals surface area contributed by atoms with Crippen LogP contribution in [0.5, 0.6) is 0 Å². The lowest BCUT2D eigenvalue weighted by molar-refractivity contribution is -0.180. The molecule has 1 aromatic heterocycles. The Morgan fingerprint density at radius 1 is 1.26 bits per heavy atom. The standard InChI is InChI=1S/C14H17N3O2/c1-2-12-11(9-16-17-12)7-10(1)13-8-14(3-4-15-13)18-5-6-19-14/h1-2,7,9,13,15H,3-6,8H2,(H,16,17)/t13-/m0/s1. The number of nitrogens with zero attached hydrogens (tertiary/aromatic N) is 1. The first-order valence-electron chi connectivity index (χ1n) is 6.79. The van der Waals surface area contributed by atoms with Crippen LogP contribution in [0.1, 0.15) is 24.4 Å². The van der Waals surface area contributed by atoms with Gasteiger partial charge in [-0.1, -0.05) is 6.07 Å². The highest BCUT2D eigenvalue weighted by atomic mass is 16.7. The normalized spacial score (nSPS) is 26.2. The van der Waals surface area contributed by atoms with Gasteiger partial charge in [0.15, 0.2) is 5.79 Å². The molecule has 1 atom stereocenters. The number of benzene rings is 1. The van der Waals surface area contributed by atoms with E-state index >= 15 is 0 Å². The Hall–Kier alpha value is -1.43. The SMILES string of the molecule is c1cc2[nH]ncc2cc1[C@@H]1CC2(CCN1)OCCO2. The van der Waals surface area contributed by atoms with Crippen molar-refractivity contribution >= 4 is 10.9 Å². The zero-order valence-corrected chi connectivity index (χ0v) is 10.7. The number of aromatic nitrogens is 2. The van der Waals surface area contributed by atoms with E-state index in [4.69, 9.17) is 9.47 Å². The molecule has 1 spiro atoms. The van der Waals surface area contributed by atoms with Gasteiger partial charge in [-0.05, 0) is 17.7 Å². The predicted octanol–water partition coefficient (Wildman–Crippen LogP) is 1.73. The van der Waals surface area contributed by atoms with Crippen LogP contribution in [0.15, 0.2) is 24.4 Å². The number of hydrogen-bond donors (Lipinski definition) is 2. The fourth-order valence-corrected chi connectivity index (χ4v) is 3.09. The Bertz CT molecular complexity index is 589. The van der Waals surface area contributed by atoms with Gasteiger partial charge in [-0.3, -0.25) is 5.10 Å². The minimum atomic E-state index is -0.360. The van der Waals surface area contributed by atoms with Gasteiger partial charge in [0, 0.05) is 30.8 Å². The smallest absolute Gasteiger partial charge is 0.171 e. The van der Waals surface area contributed by atoms with Gasteiger partial charge >= 0.3 is 0 Å². The molecule has 0 saturated carbocycles. The number of hydrogen-bond acceptors (Lipinski definition) is 4. The summed E-state index contributed by atoms with van der Waals surface area (Å²) in [6, 6.07) is 6.69. The molecule has 0 unspecified atom stereocenters. The molecule has 0 bridgehead atoms. The van der Waals surface area contributed by atoms with E-state index < -0.39 is 0 Å². The molecular formula is C14H17N3O2. The van der Waals surface area contributed by atoms with Crippen LogP contribution in [0.25, 0.3) is 10.9 Å². The van der Waals surface area contributed by atoms with Crippen molar-refractivity contribution in [3.63, 3.8) is 0 Å². The molecule has 0 aliphatic carbocycles. The fourth-order valence-electron chi connectivity index (χ4n) is 3.09. The summed E-state index contributed by atoms with van der Waals surface area (Å²) >= 11 is 0. The summed E-state index contributed by atoms with van der Waals surface area (Å²) in [6.45, 7) is 2.36. The van der Waals surface area contributed by atoms with Gasteiger partial charge in [0.2, 0.25) is 0 Å². The quantitative estimate of drug-likeness (QED) is 0.819. The second-order valence-electron chi connectivity index (χ2n) is 5.29. The highest BCUT2D eigenvalue weighted by Crippen LogP contribution is 2.37. The van der Waals surface area contributed by atoms with Crippen LogP contribution in [-0.2, 0) is 9.47 Å². The first-order valence-corrected chi connectivity index (χ1v) is 6.79. The lowest BCUT2D eigenvalue weighted by Crippen LogP contribution is -2.44. The van der Waals surface area contributed by atoms with E-state index in [1.807, 2.05) is 6.20 Å². The molecule has 0 radical (unpaired) electrons. The maximum atomic E-state index is 5.82. The van der Waals surface area contributed by atoms with Crippen molar-refractivity contribution in [2.45, 2.75) is 24.7 Å². The van der Waals surface area contributed by atoms with Gasteiger partial charge in [0.05, 0.1) is 24.9 Å². The van der Waals surface area contributed by atoms with Crippen molar-refractivity contribution in [2.75, 3.05) is 19.8 Å². The third-order valence-electron chi connectivity index (χ3n) is 4.09. The third-order valence-corrected chi connectivity index (χ3v) is 4.09. The van der Waals surface area contributed by atoms with Gasteiger partial charge < -0.3 is 14.8 Å². The first-order chi connectivity index (χ1) is 9.35. The number of aromatic amines is 1. The minimum absolute atomic E-state index is 0.283. The zero-order chi connectivity index (χ0) is 12.7. The van der Waals surface area contributed by atoms with Crippen molar-refractivity contribution in [3.8, 4) is 0 Å². The molecule has 2 saturated heterocycles. The summed E-state index contributed by atoms with van der Waals surface area (Å²) in [7, 11) is 0. The molecule has 2 N–H and O–H groups in total. The molecule has 0 amide bonds. The highest BCUT2D eigenvalue weighted by molar-refractivity contribution is 5.78. The summed E-state index contributed by atoms with van der Waals surface area (Å²) in [5, 5.41) is 11.7. The molecule has 1 aromatic carbocycles. The Morgan fingerprint density at radius 2 is 2.16 bits per heavy atom. The van der Waals surface area contributed by atoms with E-state index in [-0.39, 0.29) is 11.8 Å². The van der Waals surface area contributed by atoms with Crippen molar-refractivity contribution < 1.29 is 9.47 Å². The number of nitrogens with one attached hydrogen (secondary N) is 2. The van der Waals surface area contributed by atoms with E-state index in [1.54, 1.807) is 0 Å². The lowest BCUT2D eigenvalue weighted by Gasteiger charge is -2.37. The molecule has 19 heavy (non-hydrogen) atoms. The number of fused-ring (bicyclic) bond motifs is 1. The maximum absolute atomic E-state index is 5.82. The van der Waals surface area contributed by atoms with E-state index in [2.05, 4.69) is 33.7 Å². The summed E-state index contributed by atoms with van der Waals surface area (Å²) in [4.78, 5) is 0. The summed E-state index contributed by atoms with van der Waals surface area (Å²) in [5.41, 5.74) is 2.34. The third kappa shape index (κ3) is 1.94. The topological polar surface area (TPSA) is 59.2 Å². The van der Waals surface area contributed by atoms with Crippen LogP contribution >= 0.6 is 0 Å². The van der Waals surface area contributed by atoms with Gasteiger partial charge in [-0.2, -0.15) is 5.10 Å². The molecule has 2 fully saturated rings. The highest BCUT2D eigenvalue weighted by Gasteiger charge is 2.41. The Morgan fingerprint density at radius 3 is 3.05 bits per heavy atom. The first kappa shape index (κ1) is 11.4. The van der Waals surface area contributed by atoms with Crippen LogP contribution < -0.4 is 5.32 Å². The maximum Gasteiger partial charge on any atom is 0.171 e. The molecular weight excluding hydrogens is 242 g/mol. The van der Waals surface area contributed by atoms with Crippen molar-refractivity contribution in [1.82, 2.24) is 15.5 Å². The number of rotatable bonds is 1. The van der Waals surface area contributed by atoms with Crippen LogP contribution in [0, 0.1) is 0 Å². The zero-order valence-electron chi connectivity index (χ0n) is 10.7. The number of piperidine rings is 1. The van der Waals surface area contributed by atoms with Crippen molar-refractivity contribution in [3.05, 3.63) is 30.0 Å². The second kappa shape index (κ2) is 4.30. The Kier molecular flexibility index (Phi) is 2.58. The summed E-state index contributed by atoms with van der Waals surface area (Å²) in [6.07, 6.45) is 3.66. The van der Waals surface area contributed by atoms with Crippen LogP contribution in [-0.4, -0.2) is 35.7 Å². The van der Waals surface area contributed by atoms with Crippen molar-refractivity contribution in [1.29, 1.82) is 0 Å². The van der Waals surface area contributed by atoms with E-state index in [9.17, 15) is 0 Å². The molecule has 5 nitrogen and oxygen atoms in total.